The van der Waals surface area contributed by atoms with E-state index in [9.17, 15) is 19.6 Å². The number of ether oxygens (including phenoxy) is 1. The first-order valence-electron chi connectivity index (χ1n) is 9.93. The van der Waals surface area contributed by atoms with Gasteiger partial charge in [0.2, 0.25) is 5.91 Å². The Morgan fingerprint density at radius 2 is 1.78 bits per heavy atom. The Bertz CT molecular complexity index is 599. The van der Waals surface area contributed by atoms with Crippen LogP contribution in [0.15, 0.2) is 0 Å². The standard InChI is InChI=1S/C20H31N3O4/c1-20(2,3)27-19(26)23-11-7-8-14(13-23)17(24)16(12-21)18(25)22-15-9-5-4-6-10-15/h14-16H,4-11,13H2,1-3H3,(H,22,25)/t14-,16+/m0/s1. The highest BCUT2D eigenvalue weighted by atomic mass is 16.6. The summed E-state index contributed by atoms with van der Waals surface area (Å²) in [6, 6.07) is 1.93. The molecule has 1 heterocycles. The van der Waals surface area contributed by atoms with Crippen LogP contribution in [0.25, 0.3) is 0 Å². The maximum Gasteiger partial charge on any atom is 0.410 e. The van der Waals surface area contributed by atoms with Crippen molar-refractivity contribution in [1.82, 2.24) is 10.2 Å². The number of nitrogens with one attached hydrogen (secondary N) is 1. The van der Waals surface area contributed by atoms with Crippen molar-refractivity contribution in [2.75, 3.05) is 13.1 Å². The Balaban J connectivity index is 1.96. The van der Waals surface area contributed by atoms with Crippen molar-refractivity contribution in [2.24, 2.45) is 11.8 Å². The molecule has 1 aliphatic carbocycles. The number of nitriles is 1. The zero-order valence-corrected chi connectivity index (χ0v) is 16.6. The molecule has 2 fully saturated rings. The molecule has 1 N–H and O–H groups in total. The quantitative estimate of drug-likeness (QED) is 0.760. The molecule has 2 atom stereocenters. The molecule has 150 valence electrons. The number of amides is 2. The number of piperidine rings is 1. The fraction of sp³-hybridized carbons (Fsp3) is 0.800. The number of hydrogen-bond acceptors (Lipinski definition) is 5. The summed E-state index contributed by atoms with van der Waals surface area (Å²) in [5.41, 5.74) is -0.608. The minimum Gasteiger partial charge on any atom is -0.444 e. The average Bonchev–Trinajstić information content (AvgIpc) is 2.61. The van der Waals surface area contributed by atoms with Gasteiger partial charge in [-0.05, 0) is 46.5 Å². The summed E-state index contributed by atoms with van der Waals surface area (Å²) in [5, 5.41) is 12.3. The molecule has 0 aromatic carbocycles. The largest absolute Gasteiger partial charge is 0.444 e. The lowest BCUT2D eigenvalue weighted by molar-refractivity contribution is -0.135. The summed E-state index contributed by atoms with van der Waals surface area (Å²) in [5.74, 6) is -2.70. The number of carbonyl (C=O) groups is 3. The molecule has 0 spiro atoms. The predicted octanol–water partition coefficient (Wildman–Crippen LogP) is 2.79. The third kappa shape index (κ3) is 6.23. The first-order valence-corrected chi connectivity index (χ1v) is 9.93. The van der Waals surface area contributed by atoms with Gasteiger partial charge < -0.3 is 15.0 Å². The van der Waals surface area contributed by atoms with Crippen molar-refractivity contribution in [3.8, 4) is 6.07 Å². The summed E-state index contributed by atoms with van der Waals surface area (Å²) in [6.07, 6.45) is 5.84. The van der Waals surface area contributed by atoms with E-state index in [0.29, 0.717) is 19.4 Å². The highest BCUT2D eigenvalue weighted by Gasteiger charge is 2.37. The molecule has 1 saturated heterocycles. The zero-order chi connectivity index (χ0) is 20.0. The van der Waals surface area contributed by atoms with Gasteiger partial charge in [0, 0.05) is 25.0 Å². The van der Waals surface area contributed by atoms with E-state index in [1.807, 2.05) is 6.07 Å². The van der Waals surface area contributed by atoms with Crippen LogP contribution in [-0.2, 0) is 14.3 Å². The molecule has 0 aromatic heterocycles. The van der Waals surface area contributed by atoms with Crippen molar-refractivity contribution in [3.63, 3.8) is 0 Å². The molecule has 2 amide bonds. The van der Waals surface area contributed by atoms with Gasteiger partial charge in [0.1, 0.15) is 5.60 Å². The Kier molecular flexibility index (Phi) is 7.23. The average molecular weight is 377 g/mol. The lowest BCUT2D eigenvalue weighted by Crippen LogP contribution is -2.48. The maximum atomic E-state index is 12.8. The summed E-state index contributed by atoms with van der Waals surface area (Å²) in [4.78, 5) is 39.0. The number of hydrogen-bond donors (Lipinski definition) is 1. The molecular formula is C20H31N3O4. The Hall–Kier alpha value is -2.10. The minimum absolute atomic E-state index is 0.0551. The molecular weight excluding hydrogens is 346 g/mol. The summed E-state index contributed by atoms with van der Waals surface area (Å²) >= 11 is 0. The van der Waals surface area contributed by atoms with Crippen LogP contribution in [0, 0.1) is 23.2 Å². The Morgan fingerprint density at radius 1 is 1.11 bits per heavy atom. The van der Waals surface area contributed by atoms with Gasteiger partial charge in [0.15, 0.2) is 11.7 Å². The molecule has 0 aromatic rings. The Labute approximate surface area is 161 Å². The van der Waals surface area contributed by atoms with Gasteiger partial charge in [-0.15, -0.1) is 0 Å². The second-order valence-corrected chi connectivity index (χ2v) is 8.57. The van der Waals surface area contributed by atoms with Gasteiger partial charge in [-0.25, -0.2) is 4.79 Å². The van der Waals surface area contributed by atoms with Crippen molar-refractivity contribution < 1.29 is 19.1 Å². The number of nitrogens with zero attached hydrogens (tertiary/aromatic N) is 2. The normalized spacial score (nSPS) is 22.4. The van der Waals surface area contributed by atoms with Crippen LogP contribution in [0.1, 0.15) is 65.7 Å². The van der Waals surface area contributed by atoms with E-state index in [2.05, 4.69) is 5.32 Å². The van der Waals surface area contributed by atoms with Crippen LogP contribution < -0.4 is 5.32 Å². The first kappa shape index (κ1) is 21.2. The van der Waals surface area contributed by atoms with Crippen LogP contribution in [-0.4, -0.2) is 47.4 Å². The minimum atomic E-state index is -1.31. The van der Waals surface area contributed by atoms with Gasteiger partial charge in [0.25, 0.3) is 0 Å². The van der Waals surface area contributed by atoms with E-state index in [1.54, 1.807) is 20.8 Å². The summed E-state index contributed by atoms with van der Waals surface area (Å²) in [6.45, 7) is 6.09. The van der Waals surface area contributed by atoms with E-state index in [4.69, 9.17) is 4.74 Å². The lowest BCUT2D eigenvalue weighted by Gasteiger charge is -2.34. The number of Topliss-reactive ketones (excluding diaryl/α,β-unsaturated/α-hetero) is 1. The van der Waals surface area contributed by atoms with E-state index >= 15 is 0 Å². The number of likely N-dealkylation sites (tertiary alicyclic amines) is 1. The second-order valence-electron chi connectivity index (χ2n) is 8.57. The molecule has 0 bridgehead atoms. The van der Waals surface area contributed by atoms with Gasteiger partial charge in [0.05, 0.1) is 6.07 Å². The summed E-state index contributed by atoms with van der Waals surface area (Å²) < 4.78 is 5.37. The molecule has 1 aliphatic heterocycles. The SMILES string of the molecule is CC(C)(C)OC(=O)N1CCC[C@H](C(=O)[C@@H](C#N)C(=O)NC2CCCCC2)C1. The summed E-state index contributed by atoms with van der Waals surface area (Å²) in [7, 11) is 0. The van der Waals surface area contributed by atoms with Crippen LogP contribution in [0.3, 0.4) is 0 Å². The molecule has 2 aliphatic rings. The van der Waals surface area contributed by atoms with Gasteiger partial charge >= 0.3 is 6.09 Å². The van der Waals surface area contributed by atoms with Gasteiger partial charge in [-0.1, -0.05) is 19.3 Å². The molecule has 0 radical (unpaired) electrons. The van der Waals surface area contributed by atoms with Crippen LogP contribution in [0.2, 0.25) is 0 Å². The second kappa shape index (κ2) is 9.20. The predicted molar refractivity (Wildman–Crippen MR) is 99.7 cm³/mol. The molecule has 7 heteroatoms. The smallest absolute Gasteiger partial charge is 0.410 e. The van der Waals surface area contributed by atoms with Crippen molar-refractivity contribution in [2.45, 2.75) is 77.4 Å². The zero-order valence-electron chi connectivity index (χ0n) is 16.6. The van der Waals surface area contributed by atoms with E-state index in [1.165, 1.54) is 4.90 Å². The number of carbonyl (C=O) groups excluding carboxylic acids is 3. The maximum absolute atomic E-state index is 12.8. The third-order valence-corrected chi connectivity index (χ3v) is 5.10. The van der Waals surface area contributed by atoms with Gasteiger partial charge in [-0.2, -0.15) is 5.26 Å². The van der Waals surface area contributed by atoms with Crippen molar-refractivity contribution in [3.05, 3.63) is 0 Å². The number of ketones is 1. The number of rotatable bonds is 4. The lowest BCUT2D eigenvalue weighted by atomic mass is 9.86. The van der Waals surface area contributed by atoms with E-state index < -0.39 is 29.4 Å². The molecule has 2 rings (SSSR count). The molecule has 0 unspecified atom stereocenters. The first-order chi connectivity index (χ1) is 12.7. The Morgan fingerprint density at radius 3 is 2.37 bits per heavy atom. The van der Waals surface area contributed by atoms with Crippen molar-refractivity contribution >= 4 is 17.8 Å². The third-order valence-electron chi connectivity index (χ3n) is 5.10. The molecule has 1 saturated carbocycles. The highest BCUT2D eigenvalue weighted by molar-refractivity contribution is 6.05. The van der Waals surface area contributed by atoms with Crippen LogP contribution >= 0.6 is 0 Å². The molecule has 7 nitrogen and oxygen atoms in total. The fourth-order valence-electron chi connectivity index (χ4n) is 3.72. The van der Waals surface area contributed by atoms with Crippen LogP contribution in [0.5, 0.6) is 0 Å². The fourth-order valence-corrected chi connectivity index (χ4v) is 3.72. The van der Waals surface area contributed by atoms with Crippen LogP contribution in [0.4, 0.5) is 4.79 Å². The van der Waals surface area contributed by atoms with E-state index in [-0.39, 0.29) is 18.4 Å². The monoisotopic (exact) mass is 377 g/mol. The van der Waals surface area contributed by atoms with Gasteiger partial charge in [-0.3, -0.25) is 9.59 Å². The highest BCUT2D eigenvalue weighted by Crippen LogP contribution is 2.23. The van der Waals surface area contributed by atoms with Crippen molar-refractivity contribution in [1.29, 1.82) is 5.26 Å². The van der Waals surface area contributed by atoms with E-state index in [0.717, 1.165) is 32.1 Å². The topological polar surface area (TPSA) is 99.5 Å². The molecule has 27 heavy (non-hydrogen) atoms.